The van der Waals surface area contributed by atoms with Crippen molar-refractivity contribution in [3.63, 3.8) is 0 Å². The van der Waals surface area contributed by atoms with Crippen molar-refractivity contribution in [2.45, 2.75) is 27.7 Å². The zero-order chi connectivity index (χ0) is 13.3. The van der Waals surface area contributed by atoms with Crippen LogP contribution in [0.2, 0.25) is 0 Å². The minimum absolute atomic E-state index is 0.195. The Labute approximate surface area is 105 Å². The summed E-state index contributed by atoms with van der Waals surface area (Å²) in [5.74, 6) is 0. The Kier molecular flexibility index (Phi) is 8.30. The summed E-state index contributed by atoms with van der Waals surface area (Å²) in [7, 11) is -3.17. The molecular formula is C11H25N2O3P. The van der Waals surface area contributed by atoms with E-state index in [0.717, 1.165) is 19.8 Å². The van der Waals surface area contributed by atoms with Gasteiger partial charge in [0.1, 0.15) is 0 Å². The van der Waals surface area contributed by atoms with E-state index in [4.69, 9.17) is 4.89 Å². The third kappa shape index (κ3) is 7.42. The van der Waals surface area contributed by atoms with Gasteiger partial charge in [-0.25, -0.2) is 0 Å². The Morgan fingerprint density at radius 3 is 1.82 bits per heavy atom. The third-order valence-electron chi connectivity index (χ3n) is 2.39. The van der Waals surface area contributed by atoms with E-state index in [1.807, 2.05) is 0 Å². The molecule has 0 saturated carbocycles. The lowest BCUT2D eigenvalue weighted by Crippen LogP contribution is -2.24. The number of rotatable bonds is 5. The van der Waals surface area contributed by atoms with Crippen LogP contribution in [0.15, 0.2) is 12.4 Å². The minimum atomic E-state index is -3.17. The molecule has 1 aliphatic rings. The molecule has 1 aliphatic heterocycles. The molecule has 1 unspecified atom stereocenters. The highest BCUT2D eigenvalue weighted by atomic mass is 31.2. The summed E-state index contributed by atoms with van der Waals surface area (Å²) in [4.78, 5) is 13.2. The third-order valence-corrected chi connectivity index (χ3v) is 3.86. The molecule has 0 saturated heterocycles. The molecule has 0 aromatic carbocycles. The molecule has 0 amide bonds. The van der Waals surface area contributed by atoms with Gasteiger partial charge in [0.05, 0.1) is 13.3 Å². The van der Waals surface area contributed by atoms with Crippen LogP contribution in [0, 0.1) is 0 Å². The highest BCUT2D eigenvalue weighted by molar-refractivity contribution is 7.52. The zero-order valence-corrected chi connectivity index (χ0v) is 12.2. The van der Waals surface area contributed by atoms with Crippen LogP contribution in [0.25, 0.3) is 0 Å². The SMILES string of the molecule is CCN1C=CN(CC)C1.CCOP(=O)(O)CC. The van der Waals surface area contributed by atoms with Crippen molar-refractivity contribution in [2.75, 3.05) is 32.5 Å². The van der Waals surface area contributed by atoms with Gasteiger partial charge < -0.3 is 19.2 Å². The van der Waals surface area contributed by atoms with Crippen molar-refractivity contribution in [1.29, 1.82) is 0 Å². The van der Waals surface area contributed by atoms with Crippen molar-refractivity contribution in [1.82, 2.24) is 9.80 Å². The van der Waals surface area contributed by atoms with Crippen LogP contribution in [-0.4, -0.2) is 47.2 Å². The standard InChI is InChI=1S/C7H14N2.C4H11O3P/c1-3-8-5-6-9(4-2)7-8;1-3-7-8(5,6)4-2/h5-6H,3-4,7H2,1-2H3;3-4H2,1-2H3,(H,5,6). The first-order valence-electron chi connectivity index (χ1n) is 6.11. The predicted octanol–water partition coefficient (Wildman–Crippen LogP) is 2.30. The lowest BCUT2D eigenvalue weighted by atomic mass is 10.6. The molecule has 0 spiro atoms. The lowest BCUT2D eigenvalue weighted by molar-refractivity contribution is 0.275. The highest BCUT2D eigenvalue weighted by Crippen LogP contribution is 2.40. The first-order chi connectivity index (χ1) is 7.99. The van der Waals surface area contributed by atoms with Gasteiger partial charge >= 0.3 is 7.60 Å². The maximum atomic E-state index is 10.5. The van der Waals surface area contributed by atoms with Crippen LogP contribution in [0.1, 0.15) is 27.7 Å². The summed E-state index contributed by atoms with van der Waals surface area (Å²) in [5.41, 5.74) is 0. The van der Waals surface area contributed by atoms with Gasteiger partial charge in [-0.2, -0.15) is 0 Å². The summed E-state index contributed by atoms with van der Waals surface area (Å²) < 4.78 is 15.0. The molecule has 0 fully saturated rings. The highest BCUT2D eigenvalue weighted by Gasteiger charge is 2.12. The lowest BCUT2D eigenvalue weighted by Gasteiger charge is -2.17. The zero-order valence-electron chi connectivity index (χ0n) is 11.3. The maximum Gasteiger partial charge on any atom is 0.327 e. The van der Waals surface area contributed by atoms with Crippen molar-refractivity contribution in [3.8, 4) is 0 Å². The molecule has 1 N–H and O–H groups in total. The Morgan fingerprint density at radius 2 is 1.65 bits per heavy atom. The van der Waals surface area contributed by atoms with E-state index in [2.05, 4.69) is 40.6 Å². The average Bonchev–Trinajstić information content (AvgIpc) is 2.78. The van der Waals surface area contributed by atoms with Gasteiger partial charge in [-0.3, -0.25) is 4.57 Å². The van der Waals surface area contributed by atoms with Crippen LogP contribution in [-0.2, 0) is 9.09 Å². The minimum Gasteiger partial charge on any atom is -0.359 e. The molecule has 0 radical (unpaired) electrons. The predicted molar refractivity (Wildman–Crippen MR) is 70.8 cm³/mol. The topological polar surface area (TPSA) is 53.0 Å². The molecule has 1 rings (SSSR count). The van der Waals surface area contributed by atoms with Crippen molar-refractivity contribution in [3.05, 3.63) is 12.4 Å². The van der Waals surface area contributed by atoms with E-state index in [1.54, 1.807) is 13.8 Å². The summed E-state index contributed by atoms with van der Waals surface area (Å²) in [6.07, 6.45) is 4.48. The molecule has 1 heterocycles. The van der Waals surface area contributed by atoms with Crippen LogP contribution in [0.4, 0.5) is 0 Å². The summed E-state index contributed by atoms with van der Waals surface area (Å²) in [6, 6.07) is 0. The average molecular weight is 264 g/mol. The molecule has 6 heteroatoms. The van der Waals surface area contributed by atoms with E-state index >= 15 is 0 Å². The van der Waals surface area contributed by atoms with Gasteiger partial charge in [-0.05, 0) is 20.8 Å². The van der Waals surface area contributed by atoms with E-state index in [-0.39, 0.29) is 6.16 Å². The molecule has 5 nitrogen and oxygen atoms in total. The Bertz CT molecular complexity index is 259. The fraction of sp³-hybridized carbons (Fsp3) is 0.818. The van der Waals surface area contributed by atoms with Crippen molar-refractivity contribution < 1.29 is 14.0 Å². The molecular weight excluding hydrogens is 239 g/mol. The Morgan fingerprint density at radius 1 is 1.18 bits per heavy atom. The summed E-state index contributed by atoms with van der Waals surface area (Å²) in [5, 5.41) is 0. The molecule has 0 bridgehead atoms. The Hall–Kier alpha value is -0.510. The second-order valence-electron chi connectivity index (χ2n) is 3.62. The molecule has 1 atom stereocenters. The molecule has 0 aliphatic carbocycles. The van der Waals surface area contributed by atoms with Crippen LogP contribution in [0.3, 0.4) is 0 Å². The number of hydrogen-bond donors (Lipinski definition) is 1. The fourth-order valence-corrected chi connectivity index (χ4v) is 1.81. The summed E-state index contributed by atoms with van der Waals surface area (Å²) >= 11 is 0. The molecule has 17 heavy (non-hydrogen) atoms. The monoisotopic (exact) mass is 264 g/mol. The van der Waals surface area contributed by atoms with E-state index in [1.165, 1.54) is 0 Å². The van der Waals surface area contributed by atoms with Crippen LogP contribution < -0.4 is 0 Å². The largest absolute Gasteiger partial charge is 0.359 e. The van der Waals surface area contributed by atoms with Gasteiger partial charge in [0.15, 0.2) is 0 Å². The second-order valence-corrected chi connectivity index (χ2v) is 5.79. The Balaban J connectivity index is 0.000000304. The first kappa shape index (κ1) is 16.5. The fourth-order valence-electron chi connectivity index (χ4n) is 1.22. The normalized spacial score (nSPS) is 17.7. The van der Waals surface area contributed by atoms with Gasteiger partial charge in [0.2, 0.25) is 0 Å². The van der Waals surface area contributed by atoms with Gasteiger partial charge in [-0.1, -0.05) is 6.92 Å². The van der Waals surface area contributed by atoms with E-state index in [0.29, 0.717) is 6.61 Å². The number of hydrogen-bond acceptors (Lipinski definition) is 4. The summed E-state index contributed by atoms with van der Waals surface area (Å²) in [6.45, 7) is 11.3. The second kappa shape index (κ2) is 8.56. The van der Waals surface area contributed by atoms with Crippen molar-refractivity contribution >= 4 is 7.60 Å². The van der Waals surface area contributed by atoms with E-state index in [9.17, 15) is 4.57 Å². The molecule has 0 aromatic heterocycles. The number of nitrogens with zero attached hydrogens (tertiary/aromatic N) is 2. The maximum absolute atomic E-state index is 10.5. The first-order valence-corrected chi connectivity index (χ1v) is 7.88. The van der Waals surface area contributed by atoms with Crippen LogP contribution in [0.5, 0.6) is 0 Å². The van der Waals surface area contributed by atoms with Crippen LogP contribution >= 0.6 is 7.60 Å². The van der Waals surface area contributed by atoms with Gasteiger partial charge in [0, 0.05) is 31.7 Å². The molecule has 0 aromatic rings. The quantitative estimate of drug-likeness (QED) is 0.772. The molecule has 102 valence electrons. The van der Waals surface area contributed by atoms with E-state index < -0.39 is 7.60 Å². The smallest absolute Gasteiger partial charge is 0.327 e. The van der Waals surface area contributed by atoms with Crippen molar-refractivity contribution in [2.24, 2.45) is 0 Å². The van der Waals surface area contributed by atoms with Gasteiger partial charge in [-0.15, -0.1) is 0 Å². The van der Waals surface area contributed by atoms with Gasteiger partial charge in [0.25, 0.3) is 0 Å².